The number of amides is 1. The average Bonchev–Trinajstić information content (AvgIpc) is 2.58. The summed E-state index contributed by atoms with van der Waals surface area (Å²) in [5.41, 5.74) is 0. The first-order valence-electron chi connectivity index (χ1n) is 6.52. The van der Waals surface area contributed by atoms with Crippen molar-refractivity contribution in [3.05, 3.63) is 0 Å². The van der Waals surface area contributed by atoms with Gasteiger partial charge >= 0.3 is 5.97 Å². The van der Waals surface area contributed by atoms with Gasteiger partial charge in [-0.3, -0.25) is 9.59 Å². The number of carbonyl (C=O) groups excluding carboxylic acids is 1. The lowest BCUT2D eigenvalue weighted by Crippen LogP contribution is -2.41. The van der Waals surface area contributed by atoms with E-state index in [1.807, 2.05) is 13.8 Å². The standard InChI is InChI=1S/C13H23NO4/c1-7-4-10(11(5-7)13(17)18)12(16)14-8(2)6-9(3)15/h7-11,15H,4-6H2,1-3H3,(H,14,16)(H,17,18)/t7?,8?,9?,10-,11+/m0/s1. The normalized spacial score (nSPS) is 30.8. The van der Waals surface area contributed by atoms with E-state index in [0.717, 1.165) is 0 Å². The van der Waals surface area contributed by atoms with E-state index in [0.29, 0.717) is 19.3 Å². The summed E-state index contributed by atoms with van der Waals surface area (Å²) in [6, 6.07) is -0.136. The van der Waals surface area contributed by atoms with Crippen LogP contribution in [0.4, 0.5) is 0 Å². The number of nitrogens with one attached hydrogen (secondary N) is 1. The van der Waals surface area contributed by atoms with Gasteiger partial charge in [-0.15, -0.1) is 0 Å². The summed E-state index contributed by atoms with van der Waals surface area (Å²) in [7, 11) is 0. The van der Waals surface area contributed by atoms with Crippen molar-refractivity contribution in [3.8, 4) is 0 Å². The van der Waals surface area contributed by atoms with Gasteiger partial charge in [0.05, 0.1) is 17.9 Å². The second kappa shape index (κ2) is 6.18. The van der Waals surface area contributed by atoms with Crippen molar-refractivity contribution in [3.63, 3.8) is 0 Å². The first kappa shape index (κ1) is 15.0. The zero-order chi connectivity index (χ0) is 13.9. The molecule has 1 aliphatic carbocycles. The molecule has 18 heavy (non-hydrogen) atoms. The van der Waals surface area contributed by atoms with E-state index in [2.05, 4.69) is 5.32 Å². The minimum absolute atomic E-state index is 0.136. The number of hydrogen-bond acceptors (Lipinski definition) is 3. The highest BCUT2D eigenvalue weighted by atomic mass is 16.4. The molecule has 1 fully saturated rings. The molecule has 104 valence electrons. The summed E-state index contributed by atoms with van der Waals surface area (Å²) < 4.78 is 0. The molecule has 1 rings (SSSR count). The van der Waals surface area contributed by atoms with Gasteiger partial charge in [0, 0.05) is 6.04 Å². The van der Waals surface area contributed by atoms with Crippen LogP contribution in [0, 0.1) is 17.8 Å². The quantitative estimate of drug-likeness (QED) is 0.686. The van der Waals surface area contributed by atoms with Gasteiger partial charge in [-0.25, -0.2) is 0 Å². The Hall–Kier alpha value is -1.10. The van der Waals surface area contributed by atoms with Crippen LogP contribution in [0.3, 0.4) is 0 Å². The first-order valence-corrected chi connectivity index (χ1v) is 6.52. The van der Waals surface area contributed by atoms with E-state index in [1.54, 1.807) is 6.92 Å². The molecule has 0 aromatic carbocycles. The highest BCUT2D eigenvalue weighted by Crippen LogP contribution is 2.36. The minimum Gasteiger partial charge on any atom is -0.481 e. The van der Waals surface area contributed by atoms with Gasteiger partial charge in [-0.1, -0.05) is 6.92 Å². The molecule has 0 spiro atoms. The summed E-state index contributed by atoms with van der Waals surface area (Å²) >= 11 is 0. The van der Waals surface area contributed by atoms with Crippen LogP contribution < -0.4 is 5.32 Å². The fourth-order valence-electron chi connectivity index (χ4n) is 2.77. The number of carboxylic acids is 1. The number of aliphatic carboxylic acids is 1. The molecule has 0 radical (unpaired) electrons. The van der Waals surface area contributed by atoms with Crippen molar-refractivity contribution >= 4 is 11.9 Å². The zero-order valence-corrected chi connectivity index (χ0v) is 11.2. The number of hydrogen-bond donors (Lipinski definition) is 3. The van der Waals surface area contributed by atoms with Gasteiger partial charge in [-0.2, -0.15) is 0 Å². The molecule has 1 saturated carbocycles. The third-order valence-electron chi connectivity index (χ3n) is 3.54. The molecule has 1 aliphatic rings. The van der Waals surface area contributed by atoms with Crippen molar-refractivity contribution in [2.45, 2.75) is 52.2 Å². The highest BCUT2D eigenvalue weighted by Gasteiger charge is 2.41. The van der Waals surface area contributed by atoms with Crippen molar-refractivity contribution < 1.29 is 19.8 Å². The van der Waals surface area contributed by atoms with Gasteiger partial charge in [-0.05, 0) is 39.0 Å². The van der Waals surface area contributed by atoms with E-state index in [-0.39, 0.29) is 17.9 Å². The summed E-state index contributed by atoms with van der Waals surface area (Å²) in [5, 5.41) is 21.1. The lowest BCUT2D eigenvalue weighted by atomic mass is 9.95. The number of carbonyl (C=O) groups is 2. The smallest absolute Gasteiger partial charge is 0.307 e. The average molecular weight is 257 g/mol. The number of carboxylic acid groups (broad SMARTS) is 1. The molecule has 1 amide bonds. The van der Waals surface area contributed by atoms with Crippen LogP contribution in [0.1, 0.15) is 40.0 Å². The maximum atomic E-state index is 12.0. The molecule has 0 aromatic heterocycles. The monoisotopic (exact) mass is 257 g/mol. The molecule has 0 aliphatic heterocycles. The fourth-order valence-corrected chi connectivity index (χ4v) is 2.77. The van der Waals surface area contributed by atoms with Crippen LogP contribution in [0.5, 0.6) is 0 Å². The molecule has 0 heterocycles. The van der Waals surface area contributed by atoms with E-state index in [9.17, 15) is 14.7 Å². The van der Waals surface area contributed by atoms with Gasteiger partial charge < -0.3 is 15.5 Å². The van der Waals surface area contributed by atoms with Crippen LogP contribution in [-0.2, 0) is 9.59 Å². The molecule has 5 heteroatoms. The third kappa shape index (κ3) is 3.98. The Bertz CT molecular complexity index is 316. The predicted molar refractivity (Wildman–Crippen MR) is 66.9 cm³/mol. The Balaban J connectivity index is 2.57. The lowest BCUT2D eigenvalue weighted by Gasteiger charge is -2.20. The van der Waals surface area contributed by atoms with Gasteiger partial charge in [0.15, 0.2) is 0 Å². The van der Waals surface area contributed by atoms with Gasteiger partial charge in [0.1, 0.15) is 0 Å². The van der Waals surface area contributed by atoms with Crippen LogP contribution in [0.15, 0.2) is 0 Å². The maximum Gasteiger partial charge on any atom is 0.307 e. The molecular formula is C13H23NO4. The van der Waals surface area contributed by atoms with E-state index in [1.165, 1.54) is 0 Å². The summed E-state index contributed by atoms with van der Waals surface area (Å²) in [6.45, 7) is 5.46. The molecule has 3 unspecified atom stereocenters. The molecule has 0 aromatic rings. The summed E-state index contributed by atoms with van der Waals surface area (Å²) in [6.07, 6.45) is 1.20. The van der Waals surface area contributed by atoms with Crippen LogP contribution in [-0.4, -0.2) is 34.2 Å². The Kier molecular flexibility index (Phi) is 5.14. The van der Waals surface area contributed by atoms with Crippen LogP contribution in [0.25, 0.3) is 0 Å². The zero-order valence-electron chi connectivity index (χ0n) is 11.2. The van der Waals surface area contributed by atoms with Crippen molar-refractivity contribution in [1.82, 2.24) is 5.32 Å². The maximum absolute atomic E-state index is 12.0. The largest absolute Gasteiger partial charge is 0.481 e. The number of aliphatic hydroxyl groups is 1. The Morgan fingerprint density at radius 2 is 1.83 bits per heavy atom. The Morgan fingerprint density at radius 3 is 2.33 bits per heavy atom. The summed E-state index contributed by atoms with van der Waals surface area (Å²) in [5.74, 6) is -1.82. The van der Waals surface area contributed by atoms with E-state index < -0.39 is 23.9 Å². The van der Waals surface area contributed by atoms with E-state index >= 15 is 0 Å². The van der Waals surface area contributed by atoms with Crippen LogP contribution in [0.2, 0.25) is 0 Å². The predicted octanol–water partition coefficient (Wildman–Crippen LogP) is 1.01. The van der Waals surface area contributed by atoms with Gasteiger partial charge in [0.2, 0.25) is 5.91 Å². The minimum atomic E-state index is -0.886. The number of rotatable bonds is 5. The topological polar surface area (TPSA) is 86.6 Å². The van der Waals surface area contributed by atoms with E-state index in [4.69, 9.17) is 5.11 Å². The second-order valence-corrected chi connectivity index (χ2v) is 5.62. The number of aliphatic hydroxyl groups excluding tert-OH is 1. The summed E-state index contributed by atoms with van der Waals surface area (Å²) in [4.78, 5) is 23.1. The third-order valence-corrected chi connectivity index (χ3v) is 3.54. The highest BCUT2D eigenvalue weighted by molar-refractivity contribution is 5.85. The van der Waals surface area contributed by atoms with Crippen molar-refractivity contribution in [1.29, 1.82) is 0 Å². The van der Waals surface area contributed by atoms with Gasteiger partial charge in [0.25, 0.3) is 0 Å². The van der Waals surface area contributed by atoms with Crippen LogP contribution >= 0.6 is 0 Å². The first-order chi connectivity index (χ1) is 8.31. The molecular weight excluding hydrogens is 234 g/mol. The lowest BCUT2D eigenvalue weighted by molar-refractivity contribution is -0.146. The molecule has 0 bridgehead atoms. The molecule has 5 nitrogen and oxygen atoms in total. The van der Waals surface area contributed by atoms with Crippen molar-refractivity contribution in [2.24, 2.45) is 17.8 Å². The SMILES string of the molecule is CC(O)CC(C)NC(=O)[C@H]1CC(C)C[C@H]1C(=O)O. The Labute approximate surface area is 108 Å². The second-order valence-electron chi connectivity index (χ2n) is 5.62. The Morgan fingerprint density at radius 1 is 1.28 bits per heavy atom. The molecule has 5 atom stereocenters. The molecule has 3 N–H and O–H groups in total. The fraction of sp³-hybridized carbons (Fsp3) is 0.846. The molecule has 0 saturated heterocycles. The van der Waals surface area contributed by atoms with Crippen molar-refractivity contribution in [2.75, 3.05) is 0 Å².